The van der Waals surface area contributed by atoms with Gasteiger partial charge in [-0.2, -0.15) is 0 Å². The molecule has 5 rings (SSSR count). The summed E-state index contributed by atoms with van der Waals surface area (Å²) in [6, 6.07) is 19.5. The predicted octanol–water partition coefficient (Wildman–Crippen LogP) is 6.08. The number of hydrogen-bond acceptors (Lipinski definition) is 7. The molecule has 42 heavy (non-hydrogen) atoms. The molecule has 2 heterocycles. The first kappa shape index (κ1) is 29.6. The number of hydrogen-bond donors (Lipinski definition) is 0. The molecule has 0 bridgehead atoms. The number of ether oxygens (including phenoxy) is 3. The Morgan fingerprint density at radius 3 is 2.50 bits per heavy atom. The molecule has 1 aliphatic heterocycles. The van der Waals surface area contributed by atoms with Gasteiger partial charge in [-0.15, -0.1) is 0 Å². The Morgan fingerprint density at radius 2 is 1.79 bits per heavy atom. The lowest BCUT2D eigenvalue weighted by Crippen LogP contribution is -2.39. The SMILES string of the molecule is CCOC(=O)C1=C(C)N=c2s/c(=C\c3ccc(OCc4ccc(Cl)cc4Cl)c(OCC)c3)c(=O)n2[C@H]1c1ccccc1. The fourth-order valence-corrected chi connectivity index (χ4v) is 6.20. The van der Waals surface area contributed by atoms with E-state index in [4.69, 9.17) is 37.4 Å². The Balaban J connectivity index is 1.53. The van der Waals surface area contributed by atoms with Crippen molar-refractivity contribution in [2.24, 2.45) is 4.99 Å². The number of carbonyl (C=O) groups excluding carboxylic acids is 1. The van der Waals surface area contributed by atoms with Crippen LogP contribution in [0.15, 0.2) is 87.8 Å². The van der Waals surface area contributed by atoms with Crippen LogP contribution >= 0.6 is 34.5 Å². The molecule has 0 saturated carbocycles. The van der Waals surface area contributed by atoms with E-state index in [1.165, 1.54) is 11.3 Å². The molecule has 0 radical (unpaired) electrons. The van der Waals surface area contributed by atoms with E-state index in [1.807, 2.05) is 55.5 Å². The third kappa shape index (κ3) is 6.16. The molecule has 3 aromatic carbocycles. The number of nitrogens with zero attached hydrogens (tertiary/aromatic N) is 2. The highest BCUT2D eigenvalue weighted by Crippen LogP contribution is 2.32. The summed E-state index contributed by atoms with van der Waals surface area (Å²) in [5.74, 6) is 0.589. The number of carbonyl (C=O) groups is 1. The van der Waals surface area contributed by atoms with Gasteiger partial charge in [-0.05, 0) is 62.2 Å². The van der Waals surface area contributed by atoms with E-state index in [0.717, 1.165) is 16.7 Å². The molecule has 0 N–H and O–H groups in total. The van der Waals surface area contributed by atoms with E-state index in [9.17, 15) is 9.59 Å². The third-order valence-corrected chi connectivity index (χ3v) is 8.17. The van der Waals surface area contributed by atoms with Gasteiger partial charge in [-0.3, -0.25) is 9.36 Å². The van der Waals surface area contributed by atoms with Gasteiger partial charge >= 0.3 is 5.97 Å². The van der Waals surface area contributed by atoms with Gasteiger partial charge in [-0.1, -0.05) is 77.0 Å². The lowest BCUT2D eigenvalue weighted by atomic mass is 9.96. The first-order valence-electron chi connectivity index (χ1n) is 13.4. The zero-order valence-corrected chi connectivity index (χ0v) is 25.6. The van der Waals surface area contributed by atoms with Crippen LogP contribution in [0.4, 0.5) is 0 Å². The molecule has 7 nitrogen and oxygen atoms in total. The standard InChI is InChI=1S/C32H28Cl2N2O5S/c1-4-39-26-15-20(11-14-25(26)41-18-22-12-13-23(33)17-24(22)34)16-27-30(37)36-29(21-9-7-6-8-10-21)28(31(38)40-5-2)19(3)35-32(36)42-27/h6-17,29H,4-5,18H2,1-3H3/b27-16-/t29-/m0/s1. The molecule has 0 amide bonds. The van der Waals surface area contributed by atoms with Gasteiger partial charge in [0.2, 0.25) is 0 Å². The summed E-state index contributed by atoms with van der Waals surface area (Å²) in [7, 11) is 0. The summed E-state index contributed by atoms with van der Waals surface area (Å²) >= 11 is 13.6. The molecular formula is C32H28Cl2N2O5S. The molecule has 0 spiro atoms. The van der Waals surface area contributed by atoms with Crippen LogP contribution in [0.3, 0.4) is 0 Å². The van der Waals surface area contributed by atoms with Crippen LogP contribution in [0.2, 0.25) is 10.0 Å². The molecule has 1 aromatic heterocycles. The Bertz CT molecular complexity index is 1850. The van der Waals surface area contributed by atoms with Gasteiger partial charge in [0.1, 0.15) is 6.61 Å². The molecule has 1 atom stereocenters. The average molecular weight is 624 g/mol. The smallest absolute Gasteiger partial charge is 0.338 e. The van der Waals surface area contributed by atoms with Crippen LogP contribution in [0, 0.1) is 0 Å². The summed E-state index contributed by atoms with van der Waals surface area (Å²) < 4.78 is 19.3. The summed E-state index contributed by atoms with van der Waals surface area (Å²) in [4.78, 5) is 32.0. The van der Waals surface area contributed by atoms with Crippen molar-refractivity contribution in [1.82, 2.24) is 4.57 Å². The average Bonchev–Trinajstić information content (AvgIpc) is 3.27. The van der Waals surface area contributed by atoms with Crippen LogP contribution in [0.25, 0.3) is 6.08 Å². The zero-order valence-electron chi connectivity index (χ0n) is 23.2. The van der Waals surface area contributed by atoms with Crippen LogP contribution in [0.1, 0.15) is 43.5 Å². The highest BCUT2D eigenvalue weighted by atomic mass is 35.5. The lowest BCUT2D eigenvalue weighted by molar-refractivity contribution is -0.139. The van der Waals surface area contributed by atoms with Crippen LogP contribution < -0.4 is 24.4 Å². The van der Waals surface area contributed by atoms with Gasteiger partial charge in [0.05, 0.1) is 35.1 Å². The van der Waals surface area contributed by atoms with Gasteiger partial charge < -0.3 is 14.2 Å². The van der Waals surface area contributed by atoms with Crippen molar-refractivity contribution in [3.05, 3.63) is 124 Å². The van der Waals surface area contributed by atoms with Crippen molar-refractivity contribution < 1.29 is 19.0 Å². The number of fused-ring (bicyclic) bond motifs is 1. The maximum atomic E-state index is 13.9. The molecule has 216 valence electrons. The number of aromatic nitrogens is 1. The van der Waals surface area contributed by atoms with Gasteiger partial charge in [-0.25, -0.2) is 9.79 Å². The fraction of sp³-hybridized carbons (Fsp3) is 0.219. The summed E-state index contributed by atoms with van der Waals surface area (Å²) in [5, 5.41) is 1.07. The van der Waals surface area contributed by atoms with Gasteiger partial charge in [0.15, 0.2) is 16.3 Å². The summed E-state index contributed by atoms with van der Waals surface area (Å²) in [6.07, 6.45) is 1.79. The Morgan fingerprint density at radius 1 is 1.00 bits per heavy atom. The second kappa shape index (κ2) is 13.0. The van der Waals surface area contributed by atoms with Crippen molar-refractivity contribution in [1.29, 1.82) is 0 Å². The minimum atomic E-state index is -0.655. The van der Waals surface area contributed by atoms with E-state index < -0.39 is 12.0 Å². The van der Waals surface area contributed by atoms with Crippen molar-refractivity contribution in [3.8, 4) is 11.5 Å². The molecule has 0 fully saturated rings. The van der Waals surface area contributed by atoms with Crippen LogP contribution in [-0.4, -0.2) is 23.8 Å². The number of halogens is 2. The minimum Gasteiger partial charge on any atom is -0.490 e. The lowest BCUT2D eigenvalue weighted by Gasteiger charge is -2.24. The first-order chi connectivity index (χ1) is 20.3. The largest absolute Gasteiger partial charge is 0.490 e. The molecule has 0 unspecified atom stereocenters. The van der Waals surface area contributed by atoms with Crippen molar-refractivity contribution in [3.63, 3.8) is 0 Å². The fourth-order valence-electron chi connectivity index (χ4n) is 4.69. The number of thiazole rings is 1. The quantitative estimate of drug-likeness (QED) is 0.211. The molecule has 0 saturated heterocycles. The van der Waals surface area contributed by atoms with Gasteiger partial charge in [0, 0.05) is 15.6 Å². The monoisotopic (exact) mass is 622 g/mol. The maximum absolute atomic E-state index is 13.9. The molecule has 10 heteroatoms. The minimum absolute atomic E-state index is 0.218. The molecule has 0 aliphatic carbocycles. The second-order valence-corrected chi connectivity index (χ2v) is 11.2. The number of benzene rings is 3. The highest BCUT2D eigenvalue weighted by Gasteiger charge is 2.33. The van der Waals surface area contributed by atoms with Crippen molar-refractivity contribution in [2.75, 3.05) is 13.2 Å². The van der Waals surface area contributed by atoms with Crippen LogP contribution in [-0.2, 0) is 16.1 Å². The Labute approximate surface area is 256 Å². The zero-order chi connectivity index (χ0) is 29.8. The third-order valence-electron chi connectivity index (χ3n) is 6.60. The molecule has 4 aromatic rings. The summed E-state index contributed by atoms with van der Waals surface area (Å²) in [5.41, 5.74) is 2.96. The highest BCUT2D eigenvalue weighted by molar-refractivity contribution is 7.07. The number of rotatable bonds is 9. The maximum Gasteiger partial charge on any atom is 0.338 e. The van der Waals surface area contributed by atoms with E-state index in [-0.39, 0.29) is 18.8 Å². The topological polar surface area (TPSA) is 79.1 Å². The van der Waals surface area contributed by atoms with E-state index in [1.54, 1.807) is 42.7 Å². The van der Waals surface area contributed by atoms with E-state index in [2.05, 4.69) is 4.99 Å². The summed E-state index contributed by atoms with van der Waals surface area (Å²) in [6.45, 7) is 6.28. The second-order valence-electron chi connectivity index (χ2n) is 9.38. The predicted molar refractivity (Wildman–Crippen MR) is 165 cm³/mol. The normalized spacial score (nSPS) is 14.8. The Hall–Kier alpha value is -3.85. The van der Waals surface area contributed by atoms with Crippen LogP contribution in [0.5, 0.6) is 11.5 Å². The van der Waals surface area contributed by atoms with E-state index in [0.29, 0.717) is 48.8 Å². The van der Waals surface area contributed by atoms with Gasteiger partial charge in [0.25, 0.3) is 5.56 Å². The number of esters is 1. The van der Waals surface area contributed by atoms with Crippen molar-refractivity contribution >= 4 is 46.6 Å². The molecule has 1 aliphatic rings. The van der Waals surface area contributed by atoms with Crippen molar-refractivity contribution in [2.45, 2.75) is 33.4 Å². The Kier molecular flexibility index (Phi) is 9.16. The number of allylic oxidation sites excluding steroid dienone is 1. The first-order valence-corrected chi connectivity index (χ1v) is 15.0. The van der Waals surface area contributed by atoms with E-state index >= 15 is 0 Å². The molecular weight excluding hydrogens is 595 g/mol.